The molecule has 1 aromatic carbocycles. The Labute approximate surface area is 88.5 Å². The first-order valence-corrected chi connectivity index (χ1v) is 4.33. The molecular formula is C10H12ClNO2. The third kappa shape index (κ3) is 2.05. The van der Waals surface area contributed by atoms with E-state index in [9.17, 15) is 4.79 Å². The third-order valence-electron chi connectivity index (χ3n) is 2.34. The molecule has 76 valence electrons. The number of rotatable bonds is 1. The van der Waals surface area contributed by atoms with Crippen LogP contribution < -0.4 is 5.32 Å². The second kappa shape index (κ2) is 4.44. The summed E-state index contributed by atoms with van der Waals surface area (Å²) in [6, 6.07) is 5.34. The van der Waals surface area contributed by atoms with Crippen LogP contribution in [0.2, 0.25) is 0 Å². The Morgan fingerprint density at radius 2 is 2.14 bits per heavy atom. The van der Waals surface area contributed by atoms with E-state index >= 15 is 0 Å². The van der Waals surface area contributed by atoms with Crippen LogP contribution in [-0.4, -0.2) is 17.6 Å². The van der Waals surface area contributed by atoms with Crippen molar-refractivity contribution >= 4 is 18.4 Å². The molecule has 1 aliphatic rings. The Balaban J connectivity index is 0.000000980. The molecule has 0 amide bonds. The molecule has 4 heteroatoms. The predicted octanol–water partition coefficient (Wildman–Crippen LogP) is 1.45. The molecule has 3 nitrogen and oxygen atoms in total. The van der Waals surface area contributed by atoms with E-state index in [0.29, 0.717) is 5.56 Å². The lowest BCUT2D eigenvalue weighted by Gasteiger charge is -2.16. The maximum absolute atomic E-state index is 10.7. The lowest BCUT2D eigenvalue weighted by molar-refractivity contribution is 0.0696. The van der Waals surface area contributed by atoms with Crippen molar-refractivity contribution in [3.05, 3.63) is 34.9 Å². The largest absolute Gasteiger partial charge is 0.478 e. The SMILES string of the molecule is Cl.O=C(O)c1ccc2c(c1)CNCC2. The van der Waals surface area contributed by atoms with Gasteiger partial charge in [-0.15, -0.1) is 12.4 Å². The number of carbonyl (C=O) groups is 1. The van der Waals surface area contributed by atoms with Gasteiger partial charge in [0, 0.05) is 6.54 Å². The summed E-state index contributed by atoms with van der Waals surface area (Å²) >= 11 is 0. The van der Waals surface area contributed by atoms with Gasteiger partial charge in [-0.3, -0.25) is 0 Å². The van der Waals surface area contributed by atoms with Crippen molar-refractivity contribution in [1.29, 1.82) is 0 Å². The van der Waals surface area contributed by atoms with Crippen molar-refractivity contribution in [2.45, 2.75) is 13.0 Å². The molecule has 0 saturated heterocycles. The zero-order chi connectivity index (χ0) is 9.26. The molecule has 0 aliphatic carbocycles. The summed E-state index contributed by atoms with van der Waals surface area (Å²) in [5.74, 6) is -0.853. The minimum absolute atomic E-state index is 0. The molecule has 0 bridgehead atoms. The van der Waals surface area contributed by atoms with Gasteiger partial charge in [0.15, 0.2) is 0 Å². The Hall–Kier alpha value is -1.06. The van der Waals surface area contributed by atoms with Gasteiger partial charge in [-0.05, 0) is 36.2 Å². The molecule has 0 unspecified atom stereocenters. The standard InChI is InChI=1S/C10H11NO2.ClH/c12-10(13)8-2-1-7-3-4-11-6-9(7)5-8;/h1-2,5,11H,3-4,6H2,(H,12,13);1H. The summed E-state index contributed by atoms with van der Waals surface area (Å²) in [5.41, 5.74) is 2.76. The van der Waals surface area contributed by atoms with Gasteiger partial charge in [-0.1, -0.05) is 6.07 Å². The number of hydrogen-bond acceptors (Lipinski definition) is 2. The van der Waals surface area contributed by atoms with Crippen LogP contribution in [0.1, 0.15) is 21.5 Å². The van der Waals surface area contributed by atoms with Crippen molar-refractivity contribution in [1.82, 2.24) is 5.32 Å². The van der Waals surface area contributed by atoms with Gasteiger partial charge >= 0.3 is 5.97 Å². The Bertz CT molecular complexity index is 352. The molecule has 1 aromatic rings. The van der Waals surface area contributed by atoms with Crippen molar-refractivity contribution in [3.63, 3.8) is 0 Å². The van der Waals surface area contributed by atoms with Gasteiger partial charge in [0.25, 0.3) is 0 Å². The normalized spacial score (nSPS) is 14.0. The maximum Gasteiger partial charge on any atom is 0.335 e. The van der Waals surface area contributed by atoms with E-state index < -0.39 is 5.97 Å². The van der Waals surface area contributed by atoms with E-state index in [4.69, 9.17) is 5.11 Å². The van der Waals surface area contributed by atoms with Crippen LogP contribution in [0.15, 0.2) is 18.2 Å². The second-order valence-electron chi connectivity index (χ2n) is 3.22. The summed E-state index contributed by atoms with van der Waals surface area (Å²) in [5, 5.41) is 12.0. The van der Waals surface area contributed by atoms with Crippen molar-refractivity contribution < 1.29 is 9.90 Å². The highest BCUT2D eigenvalue weighted by Crippen LogP contribution is 2.15. The Morgan fingerprint density at radius 1 is 1.36 bits per heavy atom. The fourth-order valence-electron chi connectivity index (χ4n) is 1.61. The summed E-state index contributed by atoms with van der Waals surface area (Å²) in [6.07, 6.45) is 0.995. The summed E-state index contributed by atoms with van der Waals surface area (Å²) in [6.45, 7) is 1.77. The molecule has 0 aromatic heterocycles. The molecule has 14 heavy (non-hydrogen) atoms. The number of nitrogens with one attached hydrogen (secondary N) is 1. The summed E-state index contributed by atoms with van der Waals surface area (Å²) in [4.78, 5) is 10.7. The van der Waals surface area contributed by atoms with E-state index in [-0.39, 0.29) is 12.4 Å². The molecule has 1 aliphatic heterocycles. The smallest absolute Gasteiger partial charge is 0.335 e. The minimum atomic E-state index is -0.853. The molecule has 2 N–H and O–H groups in total. The molecule has 0 radical (unpaired) electrons. The predicted molar refractivity (Wildman–Crippen MR) is 56.1 cm³/mol. The monoisotopic (exact) mass is 213 g/mol. The van der Waals surface area contributed by atoms with Gasteiger partial charge in [0.1, 0.15) is 0 Å². The first-order chi connectivity index (χ1) is 6.27. The fourth-order valence-corrected chi connectivity index (χ4v) is 1.61. The highest BCUT2D eigenvalue weighted by Gasteiger charge is 2.10. The van der Waals surface area contributed by atoms with Crippen molar-refractivity contribution in [3.8, 4) is 0 Å². The van der Waals surface area contributed by atoms with Crippen LogP contribution in [0, 0.1) is 0 Å². The Morgan fingerprint density at radius 3 is 2.86 bits per heavy atom. The summed E-state index contributed by atoms with van der Waals surface area (Å²) < 4.78 is 0. The molecule has 0 spiro atoms. The third-order valence-corrected chi connectivity index (χ3v) is 2.34. The van der Waals surface area contributed by atoms with Crippen LogP contribution in [0.4, 0.5) is 0 Å². The molecule has 0 atom stereocenters. The minimum Gasteiger partial charge on any atom is -0.478 e. The van der Waals surface area contributed by atoms with E-state index in [2.05, 4.69) is 5.32 Å². The van der Waals surface area contributed by atoms with Gasteiger partial charge in [0.2, 0.25) is 0 Å². The number of aromatic carboxylic acids is 1. The van der Waals surface area contributed by atoms with Crippen LogP contribution in [0.5, 0.6) is 0 Å². The number of benzene rings is 1. The van der Waals surface area contributed by atoms with E-state index in [0.717, 1.165) is 25.1 Å². The first kappa shape index (κ1) is 11.0. The number of carboxylic acid groups (broad SMARTS) is 1. The van der Waals surface area contributed by atoms with Gasteiger partial charge in [-0.25, -0.2) is 4.79 Å². The summed E-state index contributed by atoms with van der Waals surface area (Å²) in [7, 11) is 0. The average Bonchev–Trinajstić information content (AvgIpc) is 2.17. The van der Waals surface area contributed by atoms with E-state index in [1.807, 2.05) is 6.07 Å². The van der Waals surface area contributed by atoms with Gasteiger partial charge in [-0.2, -0.15) is 0 Å². The lowest BCUT2D eigenvalue weighted by Crippen LogP contribution is -2.23. The van der Waals surface area contributed by atoms with Crippen LogP contribution in [0.25, 0.3) is 0 Å². The average molecular weight is 214 g/mol. The van der Waals surface area contributed by atoms with Crippen LogP contribution in [-0.2, 0) is 13.0 Å². The number of halogens is 1. The number of fused-ring (bicyclic) bond motifs is 1. The topological polar surface area (TPSA) is 49.3 Å². The first-order valence-electron chi connectivity index (χ1n) is 4.33. The Kier molecular flexibility index (Phi) is 3.49. The highest BCUT2D eigenvalue weighted by atomic mass is 35.5. The molecule has 1 heterocycles. The van der Waals surface area contributed by atoms with Crippen molar-refractivity contribution in [2.24, 2.45) is 0 Å². The second-order valence-corrected chi connectivity index (χ2v) is 3.22. The zero-order valence-corrected chi connectivity index (χ0v) is 8.43. The van der Waals surface area contributed by atoms with Crippen molar-refractivity contribution in [2.75, 3.05) is 6.54 Å². The highest BCUT2D eigenvalue weighted by molar-refractivity contribution is 5.87. The fraction of sp³-hybridized carbons (Fsp3) is 0.300. The molecule has 0 saturated carbocycles. The maximum atomic E-state index is 10.7. The molecular weight excluding hydrogens is 202 g/mol. The number of hydrogen-bond donors (Lipinski definition) is 2. The molecule has 0 fully saturated rings. The lowest BCUT2D eigenvalue weighted by atomic mass is 9.99. The van der Waals surface area contributed by atoms with E-state index in [1.54, 1.807) is 12.1 Å². The van der Waals surface area contributed by atoms with E-state index in [1.165, 1.54) is 5.56 Å². The molecule has 2 rings (SSSR count). The van der Waals surface area contributed by atoms with Crippen LogP contribution in [0.3, 0.4) is 0 Å². The van der Waals surface area contributed by atoms with Crippen LogP contribution >= 0.6 is 12.4 Å². The number of carboxylic acids is 1. The van der Waals surface area contributed by atoms with Gasteiger partial charge < -0.3 is 10.4 Å². The van der Waals surface area contributed by atoms with Gasteiger partial charge in [0.05, 0.1) is 5.56 Å². The zero-order valence-electron chi connectivity index (χ0n) is 7.62. The quantitative estimate of drug-likeness (QED) is 0.743.